The number of ether oxygens (including phenoxy) is 2. The molecule has 1 aliphatic carbocycles. The van der Waals surface area contributed by atoms with Gasteiger partial charge in [0.1, 0.15) is 11.6 Å². The number of amides is 1. The van der Waals surface area contributed by atoms with Gasteiger partial charge in [0.25, 0.3) is 0 Å². The van der Waals surface area contributed by atoms with E-state index in [9.17, 15) is 14.4 Å². The molecule has 1 aliphatic rings. The van der Waals surface area contributed by atoms with Crippen LogP contribution < -0.4 is 5.32 Å². The van der Waals surface area contributed by atoms with E-state index in [1.54, 1.807) is 20.8 Å². The molecule has 1 amide bonds. The Morgan fingerprint density at radius 2 is 1.84 bits per heavy atom. The Morgan fingerprint density at radius 1 is 1.26 bits per heavy atom. The first-order chi connectivity index (χ1) is 8.73. The summed E-state index contributed by atoms with van der Waals surface area (Å²) in [7, 11) is 1.22. The molecule has 1 saturated carbocycles. The summed E-state index contributed by atoms with van der Waals surface area (Å²) in [5, 5.41) is 2.53. The maximum Gasteiger partial charge on any atom is 0.328 e. The van der Waals surface area contributed by atoms with E-state index in [0.717, 1.165) is 12.8 Å². The molecule has 0 heterocycles. The molecule has 0 unspecified atom stereocenters. The highest BCUT2D eigenvalue weighted by Gasteiger charge is 2.34. The Bertz CT molecular complexity index is 368. The van der Waals surface area contributed by atoms with E-state index in [1.807, 2.05) is 0 Å². The van der Waals surface area contributed by atoms with Crippen molar-refractivity contribution in [2.24, 2.45) is 5.92 Å². The molecule has 0 saturated heterocycles. The number of methoxy groups -OCH3 is 1. The molecule has 0 aliphatic heterocycles. The Morgan fingerprint density at radius 3 is 2.26 bits per heavy atom. The summed E-state index contributed by atoms with van der Waals surface area (Å²) in [5.41, 5.74) is -0.627. The van der Waals surface area contributed by atoms with E-state index in [0.29, 0.717) is 0 Å². The van der Waals surface area contributed by atoms with Crippen LogP contribution in [0.1, 0.15) is 40.0 Å². The van der Waals surface area contributed by atoms with Crippen LogP contribution in [-0.4, -0.2) is 36.6 Å². The summed E-state index contributed by atoms with van der Waals surface area (Å²) in [6.07, 6.45) is 1.43. The first kappa shape index (κ1) is 15.5. The van der Waals surface area contributed by atoms with Crippen molar-refractivity contribution in [2.45, 2.75) is 51.7 Å². The third-order valence-corrected chi connectivity index (χ3v) is 2.54. The molecular formula is C13H21NO5. The molecule has 1 rings (SSSR count). The van der Waals surface area contributed by atoms with Crippen LogP contribution in [0.25, 0.3) is 0 Å². The molecule has 0 aromatic carbocycles. The molecule has 108 valence electrons. The predicted octanol–water partition coefficient (Wildman–Crippen LogP) is 0.786. The summed E-state index contributed by atoms with van der Waals surface area (Å²) >= 11 is 0. The zero-order valence-corrected chi connectivity index (χ0v) is 11.8. The minimum atomic E-state index is -0.979. The van der Waals surface area contributed by atoms with E-state index >= 15 is 0 Å². The van der Waals surface area contributed by atoms with Gasteiger partial charge < -0.3 is 14.8 Å². The largest absolute Gasteiger partial charge is 0.467 e. The molecule has 0 spiro atoms. The molecule has 6 nitrogen and oxygen atoms in total. The monoisotopic (exact) mass is 271 g/mol. The quantitative estimate of drug-likeness (QED) is 0.747. The summed E-state index contributed by atoms with van der Waals surface area (Å²) < 4.78 is 9.71. The Kier molecular flexibility index (Phi) is 4.91. The van der Waals surface area contributed by atoms with Crippen molar-refractivity contribution in [3.8, 4) is 0 Å². The Balaban J connectivity index is 2.56. The van der Waals surface area contributed by atoms with Gasteiger partial charge in [-0.05, 0) is 33.6 Å². The molecule has 1 fully saturated rings. The van der Waals surface area contributed by atoms with E-state index in [4.69, 9.17) is 4.74 Å². The number of rotatable bonds is 5. The number of carbonyl (C=O) groups is 3. The minimum absolute atomic E-state index is 0.0363. The van der Waals surface area contributed by atoms with Crippen molar-refractivity contribution < 1.29 is 23.9 Å². The van der Waals surface area contributed by atoms with Gasteiger partial charge in [0.15, 0.2) is 0 Å². The van der Waals surface area contributed by atoms with Crippen LogP contribution in [0.4, 0.5) is 0 Å². The first-order valence-electron chi connectivity index (χ1n) is 6.33. The van der Waals surface area contributed by atoms with Crippen LogP contribution in [0.15, 0.2) is 0 Å². The standard InChI is InChI=1S/C13H21NO5/c1-13(2,3)19-10(15)7-9(12(17)18-4)14-11(16)8-5-6-8/h8-9H,5-7H2,1-4H3,(H,14,16)/t9-/m1/s1. The van der Waals surface area contributed by atoms with Crippen LogP contribution in [0.5, 0.6) is 0 Å². The fourth-order valence-electron chi connectivity index (χ4n) is 1.52. The normalized spacial score (nSPS) is 16.4. The molecule has 1 atom stereocenters. The average Bonchev–Trinajstić information content (AvgIpc) is 3.07. The van der Waals surface area contributed by atoms with Gasteiger partial charge in [0.05, 0.1) is 13.5 Å². The van der Waals surface area contributed by atoms with Gasteiger partial charge in [-0.2, -0.15) is 0 Å². The zero-order valence-electron chi connectivity index (χ0n) is 11.8. The maximum atomic E-state index is 11.7. The smallest absolute Gasteiger partial charge is 0.328 e. The number of nitrogens with one attached hydrogen (secondary N) is 1. The van der Waals surface area contributed by atoms with Crippen molar-refractivity contribution in [1.82, 2.24) is 5.32 Å². The van der Waals surface area contributed by atoms with Crippen molar-refractivity contribution in [1.29, 1.82) is 0 Å². The molecular weight excluding hydrogens is 250 g/mol. The second-order valence-corrected chi connectivity index (χ2v) is 5.65. The SMILES string of the molecule is COC(=O)[C@@H](CC(=O)OC(C)(C)C)NC(=O)C1CC1. The lowest BCUT2D eigenvalue weighted by atomic mass is 10.1. The topological polar surface area (TPSA) is 81.7 Å². The molecule has 0 radical (unpaired) electrons. The minimum Gasteiger partial charge on any atom is -0.467 e. The number of esters is 2. The van der Waals surface area contributed by atoms with Crippen molar-refractivity contribution in [3.63, 3.8) is 0 Å². The summed E-state index contributed by atoms with van der Waals surface area (Å²) in [6, 6.07) is -0.979. The molecule has 1 N–H and O–H groups in total. The van der Waals surface area contributed by atoms with Gasteiger partial charge in [-0.25, -0.2) is 4.79 Å². The second-order valence-electron chi connectivity index (χ2n) is 5.65. The van der Waals surface area contributed by atoms with E-state index < -0.39 is 23.6 Å². The molecule has 6 heteroatoms. The van der Waals surface area contributed by atoms with E-state index in [1.165, 1.54) is 7.11 Å². The van der Waals surface area contributed by atoms with Crippen LogP contribution in [0.3, 0.4) is 0 Å². The lowest BCUT2D eigenvalue weighted by Crippen LogP contribution is -2.44. The van der Waals surface area contributed by atoms with Crippen molar-refractivity contribution in [3.05, 3.63) is 0 Å². The predicted molar refractivity (Wildman–Crippen MR) is 67.1 cm³/mol. The lowest BCUT2D eigenvalue weighted by molar-refractivity contribution is -0.159. The third-order valence-electron chi connectivity index (χ3n) is 2.54. The average molecular weight is 271 g/mol. The van der Waals surface area contributed by atoms with Gasteiger partial charge in [-0.1, -0.05) is 0 Å². The first-order valence-corrected chi connectivity index (χ1v) is 6.33. The maximum absolute atomic E-state index is 11.7. The van der Waals surface area contributed by atoms with Crippen LogP contribution in [-0.2, 0) is 23.9 Å². The molecule has 0 bridgehead atoms. The highest BCUT2D eigenvalue weighted by molar-refractivity contribution is 5.89. The molecule has 0 aromatic heterocycles. The van der Waals surface area contributed by atoms with Gasteiger partial charge in [0, 0.05) is 5.92 Å². The summed E-state index contributed by atoms with van der Waals surface area (Å²) in [4.78, 5) is 34.9. The highest BCUT2D eigenvalue weighted by atomic mass is 16.6. The Labute approximate surface area is 112 Å². The Hall–Kier alpha value is -1.59. The van der Waals surface area contributed by atoms with Gasteiger partial charge in [-0.3, -0.25) is 9.59 Å². The van der Waals surface area contributed by atoms with Crippen LogP contribution in [0.2, 0.25) is 0 Å². The van der Waals surface area contributed by atoms with Crippen molar-refractivity contribution >= 4 is 17.8 Å². The number of carbonyl (C=O) groups excluding carboxylic acids is 3. The van der Waals surface area contributed by atoms with Gasteiger partial charge in [-0.15, -0.1) is 0 Å². The fraction of sp³-hybridized carbons (Fsp3) is 0.769. The van der Waals surface area contributed by atoms with E-state index in [2.05, 4.69) is 10.1 Å². The third kappa shape index (κ3) is 5.72. The number of hydrogen-bond acceptors (Lipinski definition) is 5. The molecule has 0 aromatic rings. The van der Waals surface area contributed by atoms with Crippen LogP contribution >= 0.6 is 0 Å². The van der Waals surface area contributed by atoms with Gasteiger partial charge >= 0.3 is 11.9 Å². The van der Waals surface area contributed by atoms with Gasteiger partial charge in [0.2, 0.25) is 5.91 Å². The summed E-state index contributed by atoms with van der Waals surface area (Å²) in [6.45, 7) is 5.21. The van der Waals surface area contributed by atoms with Crippen LogP contribution in [0, 0.1) is 5.92 Å². The fourth-order valence-corrected chi connectivity index (χ4v) is 1.52. The molecule has 19 heavy (non-hydrogen) atoms. The second kappa shape index (κ2) is 6.04. The van der Waals surface area contributed by atoms with E-state index in [-0.39, 0.29) is 18.2 Å². The lowest BCUT2D eigenvalue weighted by Gasteiger charge is -2.22. The highest BCUT2D eigenvalue weighted by Crippen LogP contribution is 2.29. The zero-order chi connectivity index (χ0) is 14.6. The summed E-state index contributed by atoms with van der Waals surface area (Å²) in [5.74, 6) is -1.43. The van der Waals surface area contributed by atoms with Crippen molar-refractivity contribution in [2.75, 3.05) is 7.11 Å². The number of hydrogen-bond donors (Lipinski definition) is 1.